The van der Waals surface area contributed by atoms with E-state index in [2.05, 4.69) is 86.7 Å². The van der Waals surface area contributed by atoms with Gasteiger partial charge in [0.2, 0.25) is 11.0 Å². The Morgan fingerprint density at radius 1 is 1.03 bits per heavy atom. The van der Waals surface area contributed by atoms with Gasteiger partial charge in [0.15, 0.2) is 0 Å². The highest BCUT2D eigenvalue weighted by Crippen LogP contribution is 2.29. The molecule has 7 heteroatoms. The molecule has 1 amide bonds. The van der Waals surface area contributed by atoms with E-state index in [1.54, 1.807) is 0 Å². The highest BCUT2D eigenvalue weighted by Gasteiger charge is 2.36. The molecule has 0 spiro atoms. The average molecular weight is 488 g/mol. The van der Waals surface area contributed by atoms with Crippen molar-refractivity contribution in [1.29, 1.82) is 0 Å². The summed E-state index contributed by atoms with van der Waals surface area (Å²) in [5, 5.41) is 0.882. The number of anilines is 1. The van der Waals surface area contributed by atoms with Crippen LogP contribution in [0, 0.1) is 6.92 Å². The fourth-order valence-corrected chi connectivity index (χ4v) is 5.60. The average Bonchev–Trinajstić information content (AvgIpc) is 3.56. The first-order valence-corrected chi connectivity index (χ1v) is 13.3. The number of aryl methyl sites for hydroxylation is 1. The minimum atomic E-state index is -0.111. The van der Waals surface area contributed by atoms with Crippen molar-refractivity contribution in [3.63, 3.8) is 0 Å². The monoisotopic (exact) mass is 487 g/mol. The van der Waals surface area contributed by atoms with Crippen molar-refractivity contribution in [3.05, 3.63) is 83.2 Å². The normalized spacial score (nSPS) is 19.1. The molecule has 5 rings (SSSR count). The van der Waals surface area contributed by atoms with Crippen LogP contribution in [0.1, 0.15) is 35.4 Å². The molecule has 0 saturated carbocycles. The summed E-state index contributed by atoms with van der Waals surface area (Å²) in [4.78, 5) is 24.9. The van der Waals surface area contributed by atoms with E-state index in [0.29, 0.717) is 0 Å². The summed E-state index contributed by atoms with van der Waals surface area (Å²) in [5.74, 6) is 1.08. The highest BCUT2D eigenvalue weighted by molar-refractivity contribution is 7.09. The summed E-state index contributed by atoms with van der Waals surface area (Å²) >= 11 is 1.42. The molecule has 182 valence electrons. The number of nitrogens with zero attached hydrogens (tertiary/aromatic N) is 5. The topological polar surface area (TPSA) is 52.6 Å². The molecule has 2 aromatic carbocycles. The molecule has 0 bridgehead atoms. The Bertz CT molecular complexity index is 1140. The number of carbonyl (C=O) groups excluding carboxylic acids is 1. The number of benzene rings is 2. The van der Waals surface area contributed by atoms with Crippen LogP contribution in [0.25, 0.3) is 6.08 Å². The Hall–Kier alpha value is -3.03. The lowest BCUT2D eigenvalue weighted by molar-refractivity contribution is -0.134. The maximum absolute atomic E-state index is 13.4. The summed E-state index contributed by atoms with van der Waals surface area (Å²) in [5.41, 5.74) is 3.69. The molecule has 1 unspecified atom stereocenters. The molecule has 2 saturated heterocycles. The van der Waals surface area contributed by atoms with E-state index in [-0.39, 0.29) is 11.9 Å². The van der Waals surface area contributed by atoms with Crippen LogP contribution in [0.3, 0.4) is 0 Å². The predicted octanol–water partition coefficient (Wildman–Crippen LogP) is 4.26. The molecular formula is C28H33N5OS. The standard InChI is InChI=1S/C28H33N5OS/c1-22-11-13-24(14-12-22)21-26-29-28(35-30-26)33-16-6-10-25(33)27(34)32-19-17-31(18-20-32)15-5-9-23-7-3-2-4-8-23/h2-5,7-9,11-14,25H,6,10,15-21H2,1H3. The number of hydrogen-bond donors (Lipinski definition) is 0. The van der Waals surface area contributed by atoms with Gasteiger partial charge in [0, 0.05) is 57.2 Å². The van der Waals surface area contributed by atoms with Crippen molar-refractivity contribution < 1.29 is 4.79 Å². The van der Waals surface area contributed by atoms with Gasteiger partial charge in [-0.05, 0) is 30.9 Å². The van der Waals surface area contributed by atoms with Gasteiger partial charge in [-0.1, -0.05) is 72.3 Å². The first-order chi connectivity index (χ1) is 17.2. The van der Waals surface area contributed by atoms with Crippen LogP contribution in [0.5, 0.6) is 0 Å². The second kappa shape index (κ2) is 11.1. The van der Waals surface area contributed by atoms with Gasteiger partial charge in [-0.25, -0.2) is 4.98 Å². The number of aromatic nitrogens is 2. The lowest BCUT2D eigenvalue weighted by Crippen LogP contribution is -2.53. The van der Waals surface area contributed by atoms with Crippen molar-refractivity contribution >= 4 is 28.6 Å². The van der Waals surface area contributed by atoms with Crippen molar-refractivity contribution in [1.82, 2.24) is 19.2 Å². The van der Waals surface area contributed by atoms with Gasteiger partial charge < -0.3 is 9.80 Å². The molecular weight excluding hydrogens is 454 g/mol. The van der Waals surface area contributed by atoms with E-state index in [4.69, 9.17) is 4.98 Å². The molecule has 1 atom stereocenters. The van der Waals surface area contributed by atoms with Gasteiger partial charge in [0.1, 0.15) is 11.9 Å². The number of rotatable bonds is 7. The fourth-order valence-electron chi connectivity index (χ4n) is 4.84. The fraction of sp³-hybridized carbons (Fsp3) is 0.393. The molecule has 0 radical (unpaired) electrons. The third kappa shape index (κ3) is 5.97. The van der Waals surface area contributed by atoms with Crippen molar-refractivity contribution in [2.45, 2.75) is 32.2 Å². The summed E-state index contributed by atoms with van der Waals surface area (Å²) in [6.45, 7) is 7.29. The Balaban J connectivity index is 1.14. The largest absolute Gasteiger partial charge is 0.338 e. The molecule has 6 nitrogen and oxygen atoms in total. The van der Waals surface area contributed by atoms with Gasteiger partial charge in [0.25, 0.3) is 0 Å². The van der Waals surface area contributed by atoms with E-state index in [9.17, 15) is 4.79 Å². The number of hydrogen-bond acceptors (Lipinski definition) is 6. The Morgan fingerprint density at radius 3 is 2.57 bits per heavy atom. The summed E-state index contributed by atoms with van der Waals surface area (Å²) < 4.78 is 4.60. The minimum Gasteiger partial charge on any atom is -0.338 e. The van der Waals surface area contributed by atoms with Gasteiger partial charge in [-0.3, -0.25) is 9.69 Å². The zero-order valence-corrected chi connectivity index (χ0v) is 21.2. The summed E-state index contributed by atoms with van der Waals surface area (Å²) in [7, 11) is 0. The molecule has 3 aromatic rings. The molecule has 2 aliphatic rings. The third-order valence-electron chi connectivity index (χ3n) is 6.88. The molecule has 3 heterocycles. The summed E-state index contributed by atoms with van der Waals surface area (Å²) in [6, 6.07) is 18.8. The van der Waals surface area contributed by atoms with Crippen molar-refractivity contribution in [2.24, 2.45) is 0 Å². The van der Waals surface area contributed by atoms with Crippen LogP contribution in [-0.2, 0) is 11.2 Å². The Labute approximate surface area is 212 Å². The van der Waals surface area contributed by atoms with Crippen LogP contribution in [0.2, 0.25) is 0 Å². The van der Waals surface area contributed by atoms with Crippen LogP contribution in [0.4, 0.5) is 5.13 Å². The lowest BCUT2D eigenvalue weighted by Gasteiger charge is -2.36. The van der Waals surface area contributed by atoms with Crippen molar-refractivity contribution in [3.8, 4) is 0 Å². The number of piperazine rings is 1. The molecule has 2 fully saturated rings. The smallest absolute Gasteiger partial charge is 0.245 e. The zero-order chi connectivity index (χ0) is 24.0. The van der Waals surface area contributed by atoms with Crippen LogP contribution in [0.15, 0.2) is 60.7 Å². The van der Waals surface area contributed by atoms with Crippen LogP contribution >= 0.6 is 11.5 Å². The van der Waals surface area contributed by atoms with Gasteiger partial charge >= 0.3 is 0 Å². The van der Waals surface area contributed by atoms with E-state index < -0.39 is 0 Å². The van der Waals surface area contributed by atoms with E-state index in [1.165, 1.54) is 28.2 Å². The van der Waals surface area contributed by atoms with Crippen LogP contribution < -0.4 is 4.90 Å². The number of amides is 1. The van der Waals surface area contributed by atoms with E-state index in [0.717, 1.165) is 69.5 Å². The maximum atomic E-state index is 13.4. The predicted molar refractivity (Wildman–Crippen MR) is 143 cm³/mol. The van der Waals surface area contributed by atoms with E-state index in [1.807, 2.05) is 6.07 Å². The van der Waals surface area contributed by atoms with Gasteiger partial charge in [0.05, 0.1) is 0 Å². The first kappa shape index (κ1) is 23.7. The van der Waals surface area contributed by atoms with Gasteiger partial charge in [-0.2, -0.15) is 4.37 Å². The molecule has 0 N–H and O–H groups in total. The van der Waals surface area contributed by atoms with Crippen molar-refractivity contribution in [2.75, 3.05) is 44.2 Å². The lowest BCUT2D eigenvalue weighted by atomic mass is 10.1. The highest BCUT2D eigenvalue weighted by atomic mass is 32.1. The third-order valence-corrected chi connectivity index (χ3v) is 7.67. The second-order valence-corrected chi connectivity index (χ2v) is 10.2. The van der Waals surface area contributed by atoms with E-state index >= 15 is 0 Å². The minimum absolute atomic E-state index is 0.111. The molecule has 2 aliphatic heterocycles. The van der Waals surface area contributed by atoms with Gasteiger partial charge in [-0.15, -0.1) is 0 Å². The summed E-state index contributed by atoms with van der Waals surface area (Å²) in [6.07, 6.45) is 7.03. The SMILES string of the molecule is Cc1ccc(Cc2nsc(N3CCCC3C(=O)N3CCN(CC=Cc4ccccc4)CC3)n2)cc1. The Morgan fingerprint density at radius 2 is 1.80 bits per heavy atom. The number of carbonyl (C=O) groups is 1. The second-order valence-electron chi connectivity index (χ2n) is 9.45. The van der Waals surface area contributed by atoms with Crippen LogP contribution in [-0.4, -0.2) is 70.4 Å². The Kier molecular flexibility index (Phi) is 7.54. The first-order valence-electron chi connectivity index (χ1n) is 12.5. The zero-order valence-electron chi connectivity index (χ0n) is 20.3. The molecule has 1 aromatic heterocycles. The maximum Gasteiger partial charge on any atom is 0.245 e. The molecule has 0 aliphatic carbocycles. The quantitative estimate of drug-likeness (QED) is 0.498. The molecule has 35 heavy (non-hydrogen) atoms.